The Bertz CT molecular complexity index is 771. The average molecular weight is 348 g/mol. The lowest BCUT2D eigenvalue weighted by molar-refractivity contribution is -0.129. The van der Waals surface area contributed by atoms with E-state index < -0.39 is 0 Å². The highest BCUT2D eigenvalue weighted by molar-refractivity contribution is 5.89. The van der Waals surface area contributed by atoms with Crippen LogP contribution in [-0.4, -0.2) is 29.3 Å². The topological polar surface area (TPSA) is 49.4 Å². The fourth-order valence-corrected chi connectivity index (χ4v) is 3.72. The number of likely N-dealkylation sites (tertiary alicyclic amines) is 1. The van der Waals surface area contributed by atoms with Gasteiger partial charge in [0.15, 0.2) is 0 Å². The van der Waals surface area contributed by atoms with Gasteiger partial charge >= 0.3 is 0 Å². The molecular formula is C22H24N2O2. The van der Waals surface area contributed by atoms with Crippen molar-refractivity contribution in [3.63, 3.8) is 0 Å². The van der Waals surface area contributed by atoms with E-state index in [-0.39, 0.29) is 23.8 Å². The summed E-state index contributed by atoms with van der Waals surface area (Å²) in [6.07, 6.45) is 3.25. The lowest BCUT2D eigenvalue weighted by Crippen LogP contribution is -2.36. The van der Waals surface area contributed by atoms with E-state index in [4.69, 9.17) is 0 Å². The lowest BCUT2D eigenvalue weighted by Gasteiger charge is -2.22. The zero-order valence-corrected chi connectivity index (χ0v) is 14.8. The molecule has 134 valence electrons. The van der Waals surface area contributed by atoms with Crippen LogP contribution in [0, 0.1) is 5.92 Å². The summed E-state index contributed by atoms with van der Waals surface area (Å²) in [5, 5.41) is 3.21. The Morgan fingerprint density at radius 1 is 1.04 bits per heavy atom. The summed E-state index contributed by atoms with van der Waals surface area (Å²) in [5.41, 5.74) is 2.27. The third-order valence-corrected chi connectivity index (χ3v) is 5.32. The van der Waals surface area contributed by atoms with Crippen molar-refractivity contribution in [3.05, 3.63) is 71.8 Å². The molecular weight excluding hydrogens is 324 g/mol. The van der Waals surface area contributed by atoms with Gasteiger partial charge in [0.05, 0.1) is 12.0 Å². The molecule has 4 heteroatoms. The predicted molar refractivity (Wildman–Crippen MR) is 100 cm³/mol. The second kappa shape index (κ2) is 7.32. The molecule has 1 aliphatic heterocycles. The van der Waals surface area contributed by atoms with E-state index >= 15 is 0 Å². The number of hydrogen-bond acceptors (Lipinski definition) is 2. The molecule has 1 N–H and O–H groups in total. The summed E-state index contributed by atoms with van der Waals surface area (Å²) in [6, 6.07) is 20.5. The van der Waals surface area contributed by atoms with Gasteiger partial charge in [0.25, 0.3) is 0 Å². The summed E-state index contributed by atoms with van der Waals surface area (Å²) < 4.78 is 0. The van der Waals surface area contributed by atoms with Crippen LogP contribution in [0.25, 0.3) is 0 Å². The maximum atomic E-state index is 12.9. The summed E-state index contributed by atoms with van der Waals surface area (Å²) in [7, 11) is 0. The van der Waals surface area contributed by atoms with Crippen LogP contribution >= 0.6 is 0 Å². The quantitative estimate of drug-likeness (QED) is 0.872. The van der Waals surface area contributed by atoms with Crippen LogP contribution in [0.4, 0.5) is 0 Å². The zero-order valence-electron chi connectivity index (χ0n) is 14.8. The molecule has 1 saturated carbocycles. The van der Waals surface area contributed by atoms with E-state index in [0.717, 1.165) is 24.8 Å². The first-order valence-electron chi connectivity index (χ1n) is 9.39. The highest BCUT2D eigenvalue weighted by Crippen LogP contribution is 2.33. The van der Waals surface area contributed by atoms with Crippen molar-refractivity contribution in [2.45, 2.75) is 37.8 Å². The fraction of sp³-hybridized carbons (Fsp3) is 0.364. The van der Waals surface area contributed by atoms with Crippen molar-refractivity contribution in [2.75, 3.05) is 6.54 Å². The van der Waals surface area contributed by atoms with Crippen LogP contribution in [-0.2, 0) is 16.0 Å². The van der Waals surface area contributed by atoms with E-state index in [9.17, 15) is 9.59 Å². The monoisotopic (exact) mass is 348 g/mol. The maximum Gasteiger partial charge on any atom is 0.225 e. The van der Waals surface area contributed by atoms with Crippen LogP contribution in [0.2, 0.25) is 0 Å². The smallest absolute Gasteiger partial charge is 0.225 e. The number of nitrogens with one attached hydrogen (secondary N) is 1. The molecule has 0 spiro atoms. The number of nitrogens with zero attached hydrogens (tertiary/aromatic N) is 1. The molecule has 2 aromatic rings. The number of amides is 2. The minimum absolute atomic E-state index is 0.00807. The molecule has 26 heavy (non-hydrogen) atoms. The average Bonchev–Trinajstić information content (AvgIpc) is 3.44. The number of rotatable bonds is 6. The summed E-state index contributed by atoms with van der Waals surface area (Å²) in [6.45, 7) is 0.572. The minimum atomic E-state index is -0.231. The molecule has 0 radical (unpaired) electrons. The van der Waals surface area contributed by atoms with E-state index in [1.165, 1.54) is 5.56 Å². The fourth-order valence-electron chi connectivity index (χ4n) is 3.72. The summed E-state index contributed by atoms with van der Waals surface area (Å²) >= 11 is 0. The highest BCUT2D eigenvalue weighted by Gasteiger charge is 2.42. The molecule has 4 rings (SSSR count). The molecule has 2 fully saturated rings. The minimum Gasteiger partial charge on any atom is -0.349 e. The molecule has 1 heterocycles. The van der Waals surface area contributed by atoms with Crippen molar-refractivity contribution >= 4 is 11.8 Å². The first-order valence-corrected chi connectivity index (χ1v) is 9.39. The van der Waals surface area contributed by atoms with Gasteiger partial charge in [0.2, 0.25) is 11.8 Å². The van der Waals surface area contributed by atoms with Crippen molar-refractivity contribution in [1.29, 1.82) is 0 Å². The van der Waals surface area contributed by atoms with Crippen LogP contribution in [0.3, 0.4) is 0 Å². The SMILES string of the molecule is O=C(N[C@H](Cc1ccccc1)c1ccccc1)[C@H]1CC(=O)N(C2CC2)C1. The number of carbonyl (C=O) groups is 2. The Balaban J connectivity index is 1.47. The number of carbonyl (C=O) groups excluding carboxylic acids is 2. The van der Waals surface area contributed by atoms with E-state index in [2.05, 4.69) is 17.4 Å². The van der Waals surface area contributed by atoms with Crippen molar-refractivity contribution in [3.8, 4) is 0 Å². The maximum absolute atomic E-state index is 12.9. The third-order valence-electron chi connectivity index (χ3n) is 5.32. The van der Waals surface area contributed by atoms with Crippen LogP contribution in [0.5, 0.6) is 0 Å². The number of hydrogen-bond donors (Lipinski definition) is 1. The van der Waals surface area contributed by atoms with Gasteiger partial charge < -0.3 is 10.2 Å². The Morgan fingerprint density at radius 2 is 1.69 bits per heavy atom. The first-order chi connectivity index (χ1) is 12.7. The van der Waals surface area contributed by atoms with Gasteiger partial charge in [0.1, 0.15) is 0 Å². The molecule has 1 aliphatic carbocycles. The van der Waals surface area contributed by atoms with E-state index in [1.54, 1.807) is 0 Å². The standard InChI is InChI=1S/C22H24N2O2/c25-21-14-18(15-24(21)19-11-12-19)22(26)23-20(17-9-5-2-6-10-17)13-16-7-3-1-4-8-16/h1-10,18-20H,11-15H2,(H,23,26)/t18-,20+/m0/s1. The summed E-state index contributed by atoms with van der Waals surface area (Å²) in [4.78, 5) is 26.9. The van der Waals surface area contributed by atoms with Crippen molar-refractivity contribution in [1.82, 2.24) is 10.2 Å². The molecule has 1 saturated heterocycles. The normalized spacial score (nSPS) is 20.8. The van der Waals surface area contributed by atoms with E-state index in [1.807, 2.05) is 53.4 Å². The lowest BCUT2D eigenvalue weighted by atomic mass is 9.97. The van der Waals surface area contributed by atoms with Gasteiger partial charge in [0, 0.05) is 19.0 Å². The molecule has 2 atom stereocenters. The molecule has 2 aliphatic rings. The zero-order chi connectivity index (χ0) is 17.9. The van der Waals surface area contributed by atoms with Gasteiger partial charge in [-0.2, -0.15) is 0 Å². The Morgan fingerprint density at radius 3 is 2.35 bits per heavy atom. The molecule has 4 nitrogen and oxygen atoms in total. The van der Waals surface area contributed by atoms with Gasteiger partial charge in [-0.15, -0.1) is 0 Å². The molecule has 2 aromatic carbocycles. The molecule has 0 aromatic heterocycles. The first kappa shape index (κ1) is 16.8. The number of benzene rings is 2. The Labute approximate surface area is 154 Å². The molecule has 0 unspecified atom stereocenters. The third kappa shape index (κ3) is 3.79. The molecule has 0 bridgehead atoms. The Kier molecular flexibility index (Phi) is 4.74. The van der Waals surface area contributed by atoms with Gasteiger partial charge in [-0.05, 0) is 30.4 Å². The van der Waals surface area contributed by atoms with Gasteiger partial charge in [-0.25, -0.2) is 0 Å². The van der Waals surface area contributed by atoms with Crippen LogP contribution < -0.4 is 5.32 Å². The second-order valence-electron chi connectivity index (χ2n) is 7.34. The highest BCUT2D eigenvalue weighted by atomic mass is 16.2. The second-order valence-corrected chi connectivity index (χ2v) is 7.34. The predicted octanol–water partition coefficient (Wildman–Crippen LogP) is 3.10. The van der Waals surface area contributed by atoms with E-state index in [0.29, 0.717) is 19.0 Å². The van der Waals surface area contributed by atoms with Crippen LogP contribution in [0.1, 0.15) is 36.4 Å². The summed E-state index contributed by atoms with van der Waals surface area (Å²) in [5.74, 6) is -0.108. The van der Waals surface area contributed by atoms with Crippen molar-refractivity contribution in [2.24, 2.45) is 5.92 Å². The molecule has 2 amide bonds. The Hall–Kier alpha value is -2.62. The van der Waals surface area contributed by atoms with Gasteiger partial charge in [-0.1, -0.05) is 60.7 Å². The van der Waals surface area contributed by atoms with Crippen LogP contribution in [0.15, 0.2) is 60.7 Å². The van der Waals surface area contributed by atoms with Gasteiger partial charge in [-0.3, -0.25) is 9.59 Å². The van der Waals surface area contributed by atoms with Crippen molar-refractivity contribution < 1.29 is 9.59 Å². The largest absolute Gasteiger partial charge is 0.349 e.